The largest absolute Gasteiger partial charge is 0.368 e. The van der Waals surface area contributed by atoms with Gasteiger partial charge in [0.25, 0.3) is 0 Å². The van der Waals surface area contributed by atoms with Crippen LogP contribution in [0.1, 0.15) is 5.76 Å². The highest BCUT2D eigenvalue weighted by atomic mass is 35.5. The Kier molecular flexibility index (Phi) is 4.05. The Balaban J connectivity index is 1.74. The fraction of sp³-hybridized carbons (Fsp3) is 0.0833. The van der Waals surface area contributed by atoms with Gasteiger partial charge in [0.2, 0.25) is 11.1 Å². The minimum Gasteiger partial charge on any atom is -0.368 e. The highest BCUT2D eigenvalue weighted by Crippen LogP contribution is 2.31. The van der Waals surface area contributed by atoms with Crippen LogP contribution in [0, 0.1) is 0 Å². The molecular weight excluding hydrogens is 333 g/mol. The molecule has 2 heterocycles. The number of H-pyrrole nitrogens is 1. The summed E-state index contributed by atoms with van der Waals surface area (Å²) in [5.74, 6) is 1.50. The van der Waals surface area contributed by atoms with Gasteiger partial charge in [-0.05, 0) is 18.2 Å². The lowest BCUT2D eigenvalue weighted by Crippen LogP contribution is -1.85. The predicted octanol–water partition coefficient (Wildman–Crippen LogP) is 3.64. The van der Waals surface area contributed by atoms with Gasteiger partial charge in [0, 0.05) is 16.7 Å². The fourth-order valence-corrected chi connectivity index (χ4v) is 2.85. The number of benzene rings is 1. The summed E-state index contributed by atoms with van der Waals surface area (Å²) in [6.45, 7) is 0. The topological polar surface area (TPSA) is 93.6 Å². The Morgan fingerprint density at radius 3 is 2.86 bits per heavy atom. The molecular formula is C12H9Cl2N5OS. The van der Waals surface area contributed by atoms with E-state index in [0.717, 1.165) is 5.56 Å². The number of halogens is 2. The van der Waals surface area contributed by atoms with Crippen molar-refractivity contribution in [3.63, 3.8) is 0 Å². The van der Waals surface area contributed by atoms with Gasteiger partial charge in [-0.15, -0.1) is 5.10 Å². The van der Waals surface area contributed by atoms with Crippen molar-refractivity contribution in [2.75, 3.05) is 5.73 Å². The molecule has 2 aromatic heterocycles. The monoisotopic (exact) mass is 341 g/mol. The summed E-state index contributed by atoms with van der Waals surface area (Å²) in [4.78, 5) is 3.99. The number of anilines is 1. The van der Waals surface area contributed by atoms with Gasteiger partial charge < -0.3 is 10.3 Å². The van der Waals surface area contributed by atoms with Crippen LogP contribution < -0.4 is 5.73 Å². The molecule has 3 rings (SSSR count). The first-order chi connectivity index (χ1) is 10.1. The van der Waals surface area contributed by atoms with Gasteiger partial charge >= 0.3 is 0 Å². The van der Waals surface area contributed by atoms with Crippen molar-refractivity contribution in [1.82, 2.24) is 20.3 Å². The molecule has 6 nitrogen and oxygen atoms in total. The molecule has 3 N–H and O–H groups in total. The Morgan fingerprint density at radius 2 is 2.14 bits per heavy atom. The van der Waals surface area contributed by atoms with E-state index in [1.165, 1.54) is 11.8 Å². The molecule has 0 saturated carbocycles. The SMILES string of the molecule is Nc1nc(SCc2cc(-c3ccc(Cl)cc3Cl)no2)n[nH]1. The molecule has 0 bridgehead atoms. The van der Waals surface area contributed by atoms with E-state index in [-0.39, 0.29) is 5.95 Å². The molecule has 3 aromatic rings. The molecule has 0 spiro atoms. The van der Waals surface area contributed by atoms with Crippen LogP contribution in [0.5, 0.6) is 0 Å². The molecule has 108 valence electrons. The molecule has 0 aliphatic carbocycles. The Hall–Kier alpha value is -1.70. The molecule has 0 aliphatic rings. The van der Waals surface area contributed by atoms with E-state index < -0.39 is 0 Å². The van der Waals surface area contributed by atoms with Crippen molar-refractivity contribution >= 4 is 40.9 Å². The average molecular weight is 342 g/mol. The van der Waals surface area contributed by atoms with E-state index >= 15 is 0 Å². The first kappa shape index (κ1) is 14.2. The minimum atomic E-state index is 0.281. The number of aromatic nitrogens is 4. The molecule has 0 saturated heterocycles. The highest BCUT2D eigenvalue weighted by Gasteiger charge is 2.11. The van der Waals surface area contributed by atoms with Crippen LogP contribution in [-0.4, -0.2) is 20.3 Å². The number of nitrogen functional groups attached to an aromatic ring is 1. The maximum absolute atomic E-state index is 6.14. The summed E-state index contributed by atoms with van der Waals surface area (Å²) in [5.41, 5.74) is 6.87. The van der Waals surface area contributed by atoms with Crippen molar-refractivity contribution in [3.8, 4) is 11.3 Å². The van der Waals surface area contributed by atoms with E-state index in [0.29, 0.717) is 32.4 Å². The molecule has 0 unspecified atom stereocenters. The molecule has 0 atom stereocenters. The number of nitrogens with one attached hydrogen (secondary N) is 1. The lowest BCUT2D eigenvalue weighted by atomic mass is 10.1. The fourth-order valence-electron chi connectivity index (χ4n) is 1.66. The third-order valence-corrected chi connectivity index (χ3v) is 4.01. The van der Waals surface area contributed by atoms with E-state index in [1.807, 2.05) is 6.07 Å². The smallest absolute Gasteiger partial charge is 0.216 e. The molecule has 0 radical (unpaired) electrons. The first-order valence-electron chi connectivity index (χ1n) is 5.83. The van der Waals surface area contributed by atoms with Crippen molar-refractivity contribution in [3.05, 3.63) is 40.1 Å². The van der Waals surface area contributed by atoms with Crippen LogP contribution in [0.4, 0.5) is 5.95 Å². The second kappa shape index (κ2) is 5.97. The molecule has 1 aromatic carbocycles. The van der Waals surface area contributed by atoms with Gasteiger partial charge in [-0.25, -0.2) is 5.10 Å². The van der Waals surface area contributed by atoms with Crippen LogP contribution in [0.15, 0.2) is 33.9 Å². The van der Waals surface area contributed by atoms with Crippen LogP contribution in [-0.2, 0) is 5.75 Å². The van der Waals surface area contributed by atoms with Gasteiger partial charge in [0.15, 0.2) is 0 Å². The maximum Gasteiger partial charge on any atom is 0.216 e. The van der Waals surface area contributed by atoms with E-state index in [2.05, 4.69) is 20.3 Å². The molecule has 0 fully saturated rings. The van der Waals surface area contributed by atoms with Crippen LogP contribution >= 0.6 is 35.0 Å². The number of thioether (sulfide) groups is 1. The Labute approximate surface area is 134 Å². The predicted molar refractivity (Wildman–Crippen MR) is 82.3 cm³/mol. The zero-order valence-electron chi connectivity index (χ0n) is 10.5. The van der Waals surface area contributed by atoms with Crippen LogP contribution in [0.3, 0.4) is 0 Å². The summed E-state index contributed by atoms with van der Waals surface area (Å²) in [6.07, 6.45) is 0. The Bertz CT molecular complexity index is 773. The summed E-state index contributed by atoms with van der Waals surface area (Å²) in [6, 6.07) is 7.04. The van der Waals surface area contributed by atoms with Gasteiger partial charge in [-0.1, -0.05) is 40.1 Å². The Morgan fingerprint density at radius 1 is 1.29 bits per heavy atom. The number of nitrogens with two attached hydrogens (primary N) is 1. The number of hydrogen-bond donors (Lipinski definition) is 2. The maximum atomic E-state index is 6.14. The van der Waals surface area contributed by atoms with Crippen LogP contribution in [0.25, 0.3) is 11.3 Å². The first-order valence-corrected chi connectivity index (χ1v) is 7.57. The van der Waals surface area contributed by atoms with Crippen molar-refractivity contribution in [2.45, 2.75) is 10.9 Å². The zero-order chi connectivity index (χ0) is 14.8. The lowest BCUT2D eigenvalue weighted by Gasteiger charge is -1.99. The second-order valence-corrected chi connectivity index (χ2v) is 5.88. The van der Waals surface area contributed by atoms with Crippen LogP contribution in [0.2, 0.25) is 10.0 Å². The average Bonchev–Trinajstić information content (AvgIpc) is 3.05. The summed E-state index contributed by atoms with van der Waals surface area (Å²) < 4.78 is 5.27. The highest BCUT2D eigenvalue weighted by molar-refractivity contribution is 7.98. The summed E-state index contributed by atoms with van der Waals surface area (Å²) in [5, 5.41) is 12.1. The number of hydrogen-bond acceptors (Lipinski definition) is 6. The summed E-state index contributed by atoms with van der Waals surface area (Å²) >= 11 is 13.4. The molecule has 0 amide bonds. The van der Waals surface area contributed by atoms with Crippen molar-refractivity contribution < 1.29 is 4.52 Å². The molecule has 21 heavy (non-hydrogen) atoms. The van der Waals surface area contributed by atoms with Gasteiger partial charge in [-0.2, -0.15) is 4.98 Å². The number of aromatic amines is 1. The standard InChI is InChI=1S/C12H9Cl2N5OS/c13-6-1-2-8(9(14)3-6)10-4-7(20-19-10)5-21-12-16-11(15)17-18-12/h1-4H,5H2,(H3,15,16,17,18). The molecule has 9 heteroatoms. The normalized spacial score (nSPS) is 11.0. The van der Waals surface area contributed by atoms with Crippen molar-refractivity contribution in [1.29, 1.82) is 0 Å². The lowest BCUT2D eigenvalue weighted by molar-refractivity contribution is 0.397. The quantitative estimate of drug-likeness (QED) is 0.703. The number of nitrogens with zero attached hydrogens (tertiary/aromatic N) is 3. The third kappa shape index (κ3) is 3.31. The van der Waals surface area contributed by atoms with Gasteiger partial charge in [0.1, 0.15) is 11.5 Å². The van der Waals surface area contributed by atoms with E-state index in [1.54, 1.807) is 18.2 Å². The summed E-state index contributed by atoms with van der Waals surface area (Å²) in [7, 11) is 0. The van der Waals surface area contributed by atoms with E-state index in [9.17, 15) is 0 Å². The van der Waals surface area contributed by atoms with Crippen molar-refractivity contribution in [2.24, 2.45) is 0 Å². The minimum absolute atomic E-state index is 0.281. The third-order valence-electron chi connectivity index (χ3n) is 2.59. The number of rotatable bonds is 4. The van der Waals surface area contributed by atoms with Gasteiger partial charge in [-0.3, -0.25) is 0 Å². The second-order valence-electron chi connectivity index (χ2n) is 4.09. The van der Waals surface area contributed by atoms with Gasteiger partial charge in [0.05, 0.1) is 10.8 Å². The zero-order valence-corrected chi connectivity index (χ0v) is 12.8. The molecule has 0 aliphatic heterocycles. The van der Waals surface area contributed by atoms with E-state index in [4.69, 9.17) is 33.5 Å².